The molecule has 0 radical (unpaired) electrons. The van der Waals surface area contributed by atoms with Crippen LogP contribution in [0.1, 0.15) is 48.9 Å². The number of nitrogens with zero attached hydrogens (tertiary/aromatic N) is 2. The Balaban J connectivity index is 1.44. The van der Waals surface area contributed by atoms with Crippen molar-refractivity contribution < 1.29 is 9.59 Å². The van der Waals surface area contributed by atoms with Gasteiger partial charge in [-0.25, -0.2) is 0 Å². The van der Waals surface area contributed by atoms with E-state index in [0.717, 1.165) is 21.7 Å². The van der Waals surface area contributed by atoms with Crippen LogP contribution in [0.4, 0.5) is 0 Å². The van der Waals surface area contributed by atoms with Gasteiger partial charge in [0.15, 0.2) is 0 Å². The first-order valence-corrected chi connectivity index (χ1v) is 10.1. The molecule has 0 bridgehead atoms. The molecule has 1 saturated heterocycles. The van der Waals surface area contributed by atoms with Gasteiger partial charge in [-0.15, -0.1) is 11.3 Å². The highest BCUT2D eigenvalue weighted by atomic mass is 79.9. The predicted molar refractivity (Wildman–Crippen MR) is 95.7 cm³/mol. The van der Waals surface area contributed by atoms with Gasteiger partial charge in [-0.05, 0) is 34.3 Å². The molecule has 1 aromatic rings. The highest BCUT2D eigenvalue weighted by Crippen LogP contribution is 2.29. The Morgan fingerprint density at radius 1 is 1.13 bits per heavy atom. The average Bonchev–Trinajstić information content (AvgIpc) is 3.23. The maximum Gasteiger partial charge on any atom is 0.254 e. The summed E-state index contributed by atoms with van der Waals surface area (Å²) in [5, 5.41) is 1.88. The summed E-state index contributed by atoms with van der Waals surface area (Å²) in [5.41, 5.74) is 0.739. The Morgan fingerprint density at radius 2 is 1.78 bits per heavy atom. The van der Waals surface area contributed by atoms with Crippen LogP contribution in [0.5, 0.6) is 0 Å². The molecule has 3 rings (SSSR count). The van der Waals surface area contributed by atoms with Crippen LogP contribution in [0, 0.1) is 5.92 Å². The first-order valence-electron chi connectivity index (χ1n) is 8.44. The zero-order valence-corrected chi connectivity index (χ0v) is 15.7. The fraction of sp³-hybridized carbons (Fsp3) is 0.647. The fourth-order valence-corrected chi connectivity index (χ4v) is 4.68. The molecule has 2 aliphatic rings. The maximum atomic E-state index is 12.4. The number of halogens is 1. The standard InChI is InChI=1S/C17H23BrN2O2S/c18-15-11-14(12-23-15)17(22)20-9-7-19(8-10-20)16(21)6-5-13-3-1-2-4-13/h11-13H,1-10H2. The van der Waals surface area contributed by atoms with E-state index in [-0.39, 0.29) is 11.8 Å². The van der Waals surface area contributed by atoms with E-state index in [2.05, 4.69) is 15.9 Å². The predicted octanol–water partition coefficient (Wildman–Crippen LogP) is 3.77. The van der Waals surface area contributed by atoms with Crippen LogP contribution >= 0.6 is 27.3 Å². The average molecular weight is 399 g/mol. The van der Waals surface area contributed by atoms with Crippen molar-refractivity contribution >= 4 is 39.1 Å². The van der Waals surface area contributed by atoms with Crippen LogP contribution < -0.4 is 0 Å². The number of carbonyl (C=O) groups excluding carboxylic acids is 2. The molecular formula is C17H23BrN2O2S. The van der Waals surface area contributed by atoms with Crippen molar-refractivity contribution in [1.29, 1.82) is 0 Å². The lowest BCUT2D eigenvalue weighted by Gasteiger charge is -2.35. The van der Waals surface area contributed by atoms with Crippen LogP contribution in [-0.4, -0.2) is 47.8 Å². The van der Waals surface area contributed by atoms with Crippen molar-refractivity contribution in [3.8, 4) is 0 Å². The molecule has 1 aliphatic heterocycles. The molecule has 126 valence electrons. The zero-order valence-electron chi connectivity index (χ0n) is 13.3. The Labute approximate surface area is 150 Å². The molecule has 23 heavy (non-hydrogen) atoms. The molecule has 4 nitrogen and oxygen atoms in total. The van der Waals surface area contributed by atoms with E-state index in [1.54, 1.807) is 0 Å². The van der Waals surface area contributed by atoms with Crippen LogP contribution in [0.25, 0.3) is 0 Å². The second-order valence-electron chi connectivity index (χ2n) is 6.50. The van der Waals surface area contributed by atoms with Crippen molar-refractivity contribution in [3.05, 3.63) is 20.8 Å². The van der Waals surface area contributed by atoms with E-state index < -0.39 is 0 Å². The summed E-state index contributed by atoms with van der Waals surface area (Å²) in [6, 6.07) is 1.87. The molecule has 1 saturated carbocycles. The van der Waals surface area contributed by atoms with Gasteiger partial charge in [0, 0.05) is 38.0 Å². The van der Waals surface area contributed by atoms with Gasteiger partial charge in [0.1, 0.15) is 0 Å². The molecule has 0 N–H and O–H groups in total. The third-order valence-electron chi connectivity index (χ3n) is 4.98. The van der Waals surface area contributed by atoms with E-state index in [9.17, 15) is 9.59 Å². The van der Waals surface area contributed by atoms with Crippen LogP contribution in [0.3, 0.4) is 0 Å². The lowest BCUT2D eigenvalue weighted by Crippen LogP contribution is -2.50. The largest absolute Gasteiger partial charge is 0.339 e. The van der Waals surface area contributed by atoms with Gasteiger partial charge in [-0.3, -0.25) is 9.59 Å². The van der Waals surface area contributed by atoms with E-state index in [1.807, 2.05) is 21.2 Å². The quantitative estimate of drug-likeness (QED) is 0.774. The molecule has 6 heteroatoms. The number of rotatable bonds is 4. The minimum absolute atomic E-state index is 0.0741. The number of amides is 2. The number of hydrogen-bond donors (Lipinski definition) is 0. The van der Waals surface area contributed by atoms with E-state index in [1.165, 1.54) is 37.0 Å². The van der Waals surface area contributed by atoms with Crippen LogP contribution in [-0.2, 0) is 4.79 Å². The normalized spacial score (nSPS) is 19.3. The first-order chi connectivity index (χ1) is 11.1. The highest BCUT2D eigenvalue weighted by Gasteiger charge is 2.26. The summed E-state index contributed by atoms with van der Waals surface area (Å²) in [6.45, 7) is 2.62. The lowest BCUT2D eigenvalue weighted by atomic mass is 10.0. The Hall–Kier alpha value is -0.880. The Kier molecular flexibility index (Phi) is 5.75. The Bertz CT molecular complexity index is 561. The monoisotopic (exact) mass is 398 g/mol. The van der Waals surface area contributed by atoms with Crippen LogP contribution in [0.2, 0.25) is 0 Å². The second-order valence-corrected chi connectivity index (χ2v) is 8.79. The van der Waals surface area contributed by atoms with Gasteiger partial charge in [0.05, 0.1) is 9.35 Å². The third-order valence-corrected chi connectivity index (χ3v) is 6.48. The van der Waals surface area contributed by atoms with Crippen molar-refractivity contribution in [1.82, 2.24) is 9.80 Å². The van der Waals surface area contributed by atoms with E-state index >= 15 is 0 Å². The Morgan fingerprint density at radius 3 is 2.39 bits per heavy atom. The molecule has 0 unspecified atom stereocenters. The van der Waals surface area contributed by atoms with Gasteiger partial charge in [-0.1, -0.05) is 25.7 Å². The topological polar surface area (TPSA) is 40.6 Å². The smallest absolute Gasteiger partial charge is 0.254 e. The summed E-state index contributed by atoms with van der Waals surface area (Å²) in [6.07, 6.45) is 6.98. The minimum Gasteiger partial charge on any atom is -0.339 e. The summed E-state index contributed by atoms with van der Waals surface area (Å²) in [5.74, 6) is 1.10. The van der Waals surface area contributed by atoms with Gasteiger partial charge >= 0.3 is 0 Å². The number of piperazine rings is 1. The summed E-state index contributed by atoms with van der Waals surface area (Å²) in [4.78, 5) is 28.5. The van der Waals surface area contributed by atoms with Crippen LogP contribution in [0.15, 0.2) is 15.2 Å². The van der Waals surface area contributed by atoms with Crippen molar-refractivity contribution in [2.75, 3.05) is 26.2 Å². The van der Waals surface area contributed by atoms with Gasteiger partial charge in [0.2, 0.25) is 5.91 Å². The van der Waals surface area contributed by atoms with Crippen molar-refractivity contribution in [2.24, 2.45) is 5.92 Å². The third kappa shape index (κ3) is 4.35. The highest BCUT2D eigenvalue weighted by molar-refractivity contribution is 9.11. The molecule has 0 aromatic carbocycles. The minimum atomic E-state index is 0.0741. The fourth-order valence-electron chi connectivity index (χ4n) is 3.55. The van der Waals surface area contributed by atoms with E-state index in [0.29, 0.717) is 32.6 Å². The summed E-state index contributed by atoms with van der Waals surface area (Å²) < 4.78 is 0.974. The molecule has 2 fully saturated rings. The molecule has 2 amide bonds. The molecular weight excluding hydrogens is 376 g/mol. The van der Waals surface area contributed by atoms with Crippen molar-refractivity contribution in [3.63, 3.8) is 0 Å². The second kappa shape index (κ2) is 7.79. The molecule has 1 aliphatic carbocycles. The maximum absolute atomic E-state index is 12.4. The molecule has 1 aromatic heterocycles. The summed E-state index contributed by atoms with van der Waals surface area (Å²) in [7, 11) is 0. The van der Waals surface area contributed by atoms with E-state index in [4.69, 9.17) is 0 Å². The number of thiophene rings is 1. The number of carbonyl (C=O) groups is 2. The lowest BCUT2D eigenvalue weighted by molar-refractivity contribution is -0.133. The number of hydrogen-bond acceptors (Lipinski definition) is 3. The molecule has 0 spiro atoms. The van der Waals surface area contributed by atoms with Gasteiger partial charge in [0.25, 0.3) is 5.91 Å². The van der Waals surface area contributed by atoms with Gasteiger partial charge < -0.3 is 9.80 Å². The van der Waals surface area contributed by atoms with Crippen molar-refractivity contribution in [2.45, 2.75) is 38.5 Å². The zero-order chi connectivity index (χ0) is 16.2. The SMILES string of the molecule is O=C(CCC1CCCC1)N1CCN(C(=O)c2csc(Br)c2)CC1. The summed E-state index contributed by atoms with van der Waals surface area (Å²) >= 11 is 4.92. The molecule has 0 atom stereocenters. The van der Waals surface area contributed by atoms with Gasteiger partial charge in [-0.2, -0.15) is 0 Å². The molecule has 2 heterocycles. The first kappa shape index (κ1) is 17.0.